The van der Waals surface area contributed by atoms with Crippen molar-refractivity contribution < 1.29 is 4.74 Å². The van der Waals surface area contributed by atoms with Crippen molar-refractivity contribution >= 4 is 22.9 Å². The minimum Gasteiger partial charge on any atom is -0.368 e. The monoisotopic (exact) mass is 313 g/mol. The Bertz CT molecular complexity index is 572. The Balaban J connectivity index is 1.67. The van der Waals surface area contributed by atoms with Crippen LogP contribution in [0.4, 0.5) is 0 Å². The summed E-state index contributed by atoms with van der Waals surface area (Å²) in [4.78, 5) is 7.59. The number of nitrogens with zero attached hydrogens (tertiary/aromatic N) is 5. The van der Waals surface area contributed by atoms with Crippen LogP contribution in [-0.4, -0.2) is 44.3 Å². The lowest BCUT2D eigenvalue weighted by molar-refractivity contribution is -0.0386. The third-order valence-electron chi connectivity index (χ3n) is 3.33. The van der Waals surface area contributed by atoms with Crippen LogP contribution in [0.25, 0.3) is 0 Å². The number of ether oxygens (including phenoxy) is 1. The molecule has 108 valence electrons. The van der Waals surface area contributed by atoms with E-state index >= 15 is 0 Å². The van der Waals surface area contributed by atoms with Gasteiger partial charge in [0.1, 0.15) is 12.4 Å². The fraction of sp³-hybridized carbons (Fsp3) is 0.583. The van der Waals surface area contributed by atoms with Crippen molar-refractivity contribution in [1.82, 2.24) is 24.6 Å². The largest absolute Gasteiger partial charge is 0.368 e. The Morgan fingerprint density at radius 1 is 1.55 bits per heavy atom. The molecule has 1 aliphatic heterocycles. The number of thiazole rings is 1. The Hall–Kier alpha value is -1.02. The van der Waals surface area contributed by atoms with Crippen LogP contribution < -0.4 is 0 Å². The predicted molar refractivity (Wildman–Crippen MR) is 76.8 cm³/mol. The molecule has 6 nitrogen and oxygen atoms in total. The van der Waals surface area contributed by atoms with E-state index in [1.807, 2.05) is 10.8 Å². The average Bonchev–Trinajstić information content (AvgIpc) is 3.08. The van der Waals surface area contributed by atoms with E-state index in [4.69, 9.17) is 16.3 Å². The van der Waals surface area contributed by atoms with Gasteiger partial charge in [-0.3, -0.25) is 4.90 Å². The Kier molecular flexibility index (Phi) is 4.30. The molecule has 0 unspecified atom stereocenters. The van der Waals surface area contributed by atoms with Crippen LogP contribution in [0.15, 0.2) is 12.5 Å². The summed E-state index contributed by atoms with van der Waals surface area (Å²) >= 11 is 7.40. The summed E-state index contributed by atoms with van der Waals surface area (Å²) in [6.07, 6.45) is 3.57. The quantitative estimate of drug-likeness (QED) is 0.864. The molecule has 1 aliphatic rings. The maximum absolute atomic E-state index is 5.87. The van der Waals surface area contributed by atoms with Gasteiger partial charge in [-0.15, -0.1) is 21.5 Å². The van der Waals surface area contributed by atoms with Crippen molar-refractivity contribution in [2.75, 3.05) is 19.7 Å². The zero-order valence-corrected chi connectivity index (χ0v) is 12.8. The van der Waals surface area contributed by atoms with Gasteiger partial charge in [0.2, 0.25) is 0 Å². The fourth-order valence-electron chi connectivity index (χ4n) is 2.34. The average molecular weight is 314 g/mol. The van der Waals surface area contributed by atoms with E-state index in [2.05, 4.69) is 27.0 Å². The van der Waals surface area contributed by atoms with Gasteiger partial charge in [-0.1, -0.05) is 11.6 Å². The molecule has 0 aromatic carbocycles. The van der Waals surface area contributed by atoms with Gasteiger partial charge in [0.25, 0.3) is 0 Å². The number of hydrogen-bond donors (Lipinski definition) is 0. The van der Waals surface area contributed by atoms with Crippen LogP contribution in [0, 0.1) is 0 Å². The second kappa shape index (κ2) is 6.17. The van der Waals surface area contributed by atoms with Crippen molar-refractivity contribution in [2.24, 2.45) is 0 Å². The Morgan fingerprint density at radius 3 is 3.20 bits per heavy atom. The molecule has 0 amide bonds. The number of halogens is 1. The second-order valence-corrected chi connectivity index (χ2v) is 6.35. The topological polar surface area (TPSA) is 56.1 Å². The van der Waals surface area contributed by atoms with Crippen LogP contribution in [0.2, 0.25) is 4.47 Å². The molecule has 3 heterocycles. The van der Waals surface area contributed by atoms with Crippen molar-refractivity contribution in [3.63, 3.8) is 0 Å². The van der Waals surface area contributed by atoms with Gasteiger partial charge in [0.15, 0.2) is 10.3 Å². The number of rotatable bonds is 4. The second-order valence-electron chi connectivity index (χ2n) is 4.65. The summed E-state index contributed by atoms with van der Waals surface area (Å²) in [6.45, 7) is 6.21. The van der Waals surface area contributed by atoms with E-state index < -0.39 is 0 Å². The van der Waals surface area contributed by atoms with Crippen molar-refractivity contribution in [1.29, 1.82) is 0 Å². The van der Waals surface area contributed by atoms with Gasteiger partial charge in [0.05, 0.1) is 6.61 Å². The van der Waals surface area contributed by atoms with Crippen LogP contribution in [0.5, 0.6) is 0 Å². The standard InChI is InChI=1S/C12H16ClN5OS/c1-2-18-8-15-16-11(18)10-7-17(3-4-19-10)6-9-5-14-12(13)20-9/h5,8,10H,2-4,6-7H2,1H3/t10-/m0/s1. The Labute approximate surface area is 126 Å². The highest BCUT2D eigenvalue weighted by Crippen LogP contribution is 2.24. The van der Waals surface area contributed by atoms with Gasteiger partial charge < -0.3 is 9.30 Å². The highest BCUT2D eigenvalue weighted by atomic mass is 35.5. The van der Waals surface area contributed by atoms with Gasteiger partial charge in [-0.05, 0) is 6.92 Å². The molecule has 2 aromatic rings. The minimum atomic E-state index is -0.0189. The summed E-state index contributed by atoms with van der Waals surface area (Å²) in [5.74, 6) is 0.902. The predicted octanol–water partition coefficient (Wildman–Crippen LogP) is 1.98. The Morgan fingerprint density at radius 2 is 2.45 bits per heavy atom. The summed E-state index contributed by atoms with van der Waals surface area (Å²) < 4.78 is 8.45. The molecule has 20 heavy (non-hydrogen) atoms. The summed E-state index contributed by atoms with van der Waals surface area (Å²) in [7, 11) is 0. The van der Waals surface area contributed by atoms with Crippen LogP contribution in [-0.2, 0) is 17.8 Å². The lowest BCUT2D eigenvalue weighted by atomic mass is 10.2. The first-order valence-electron chi connectivity index (χ1n) is 6.58. The molecule has 0 saturated carbocycles. The number of aromatic nitrogens is 4. The molecule has 1 atom stereocenters. The van der Waals surface area contributed by atoms with Crippen molar-refractivity contribution in [3.8, 4) is 0 Å². The van der Waals surface area contributed by atoms with E-state index in [0.29, 0.717) is 11.1 Å². The van der Waals surface area contributed by atoms with E-state index in [-0.39, 0.29) is 6.10 Å². The molecule has 0 aliphatic carbocycles. The smallest absolute Gasteiger partial charge is 0.183 e. The maximum Gasteiger partial charge on any atom is 0.183 e. The summed E-state index contributed by atoms with van der Waals surface area (Å²) in [6, 6.07) is 0. The molecule has 2 aromatic heterocycles. The zero-order valence-electron chi connectivity index (χ0n) is 11.2. The molecular weight excluding hydrogens is 298 g/mol. The van der Waals surface area contributed by atoms with E-state index in [1.54, 1.807) is 6.33 Å². The molecule has 1 fully saturated rings. The third kappa shape index (κ3) is 3.01. The van der Waals surface area contributed by atoms with Crippen LogP contribution in [0.3, 0.4) is 0 Å². The number of hydrogen-bond acceptors (Lipinski definition) is 6. The van der Waals surface area contributed by atoms with Crippen molar-refractivity contribution in [2.45, 2.75) is 26.1 Å². The summed E-state index contributed by atoms with van der Waals surface area (Å²) in [5.41, 5.74) is 0. The SMILES string of the molecule is CCn1cnnc1[C@@H]1CN(Cc2cnc(Cl)s2)CCO1. The first-order chi connectivity index (χ1) is 9.76. The molecular formula is C12H16ClN5OS. The van der Waals surface area contributed by atoms with Crippen molar-refractivity contribution in [3.05, 3.63) is 27.7 Å². The lowest BCUT2D eigenvalue weighted by Crippen LogP contribution is -2.38. The molecule has 1 saturated heterocycles. The van der Waals surface area contributed by atoms with Gasteiger partial charge in [-0.25, -0.2) is 4.98 Å². The maximum atomic E-state index is 5.87. The molecule has 0 N–H and O–H groups in total. The molecule has 0 radical (unpaired) electrons. The third-order valence-corrected chi connectivity index (χ3v) is 4.43. The number of morpholine rings is 1. The molecule has 0 bridgehead atoms. The molecule has 3 rings (SSSR count). The first kappa shape index (κ1) is 13.9. The lowest BCUT2D eigenvalue weighted by Gasteiger charge is -2.32. The van der Waals surface area contributed by atoms with Crippen LogP contribution in [0.1, 0.15) is 23.7 Å². The van der Waals surface area contributed by atoms with Gasteiger partial charge in [-0.2, -0.15) is 0 Å². The minimum absolute atomic E-state index is 0.0189. The normalized spacial score (nSPS) is 20.4. The van der Waals surface area contributed by atoms with E-state index in [9.17, 15) is 0 Å². The molecule has 0 spiro atoms. The van der Waals surface area contributed by atoms with E-state index in [1.165, 1.54) is 16.2 Å². The van der Waals surface area contributed by atoms with Gasteiger partial charge in [0, 0.05) is 37.3 Å². The zero-order chi connectivity index (χ0) is 13.9. The highest BCUT2D eigenvalue weighted by molar-refractivity contribution is 7.15. The first-order valence-corrected chi connectivity index (χ1v) is 7.77. The fourth-order valence-corrected chi connectivity index (χ4v) is 3.36. The van der Waals surface area contributed by atoms with Gasteiger partial charge >= 0.3 is 0 Å². The van der Waals surface area contributed by atoms with Crippen LogP contribution >= 0.6 is 22.9 Å². The molecule has 8 heteroatoms. The highest BCUT2D eigenvalue weighted by Gasteiger charge is 2.26. The summed E-state index contributed by atoms with van der Waals surface area (Å²) in [5, 5.41) is 8.16. The number of aryl methyl sites for hydroxylation is 1. The van der Waals surface area contributed by atoms with E-state index in [0.717, 1.165) is 32.0 Å².